The third kappa shape index (κ3) is 4.44. The Kier molecular flexibility index (Phi) is 5.06. The lowest BCUT2D eigenvalue weighted by atomic mass is 10.0. The Morgan fingerprint density at radius 1 is 1.36 bits per heavy atom. The number of fused-ring (bicyclic) bond motifs is 1. The quantitative estimate of drug-likeness (QED) is 0.748. The molecule has 0 bridgehead atoms. The van der Waals surface area contributed by atoms with Crippen molar-refractivity contribution in [3.05, 3.63) is 36.0 Å². The number of rotatable bonds is 4. The van der Waals surface area contributed by atoms with Crippen LogP contribution >= 0.6 is 12.6 Å². The lowest BCUT2D eigenvalue weighted by Gasteiger charge is -2.25. The molecular formula is C17H24N2O2S. The van der Waals surface area contributed by atoms with Crippen LogP contribution < -0.4 is 5.32 Å². The first-order chi connectivity index (χ1) is 10.3. The van der Waals surface area contributed by atoms with Crippen molar-refractivity contribution >= 4 is 29.6 Å². The molecule has 22 heavy (non-hydrogen) atoms. The molecule has 2 aromatic rings. The molecule has 0 aliphatic heterocycles. The van der Waals surface area contributed by atoms with E-state index in [4.69, 9.17) is 4.74 Å². The van der Waals surface area contributed by atoms with Crippen LogP contribution in [0.25, 0.3) is 10.9 Å². The van der Waals surface area contributed by atoms with Crippen LogP contribution in [0.3, 0.4) is 0 Å². The third-order valence-corrected chi connectivity index (χ3v) is 3.76. The number of para-hydroxylation sites is 1. The van der Waals surface area contributed by atoms with Crippen molar-refractivity contribution in [1.29, 1.82) is 0 Å². The van der Waals surface area contributed by atoms with Gasteiger partial charge in [-0.1, -0.05) is 25.1 Å². The molecule has 2 N–H and O–H groups in total. The SMILES string of the molecule is C[C@@H](S)[C@H](Cc1c[nH]c2ccccc12)NC(=O)OC(C)(C)C. The summed E-state index contributed by atoms with van der Waals surface area (Å²) in [5, 5.41) is 4.11. The number of aromatic amines is 1. The Hall–Kier alpha value is -1.62. The zero-order valence-corrected chi connectivity index (χ0v) is 14.4. The highest BCUT2D eigenvalue weighted by Crippen LogP contribution is 2.21. The lowest BCUT2D eigenvalue weighted by Crippen LogP contribution is -2.44. The van der Waals surface area contributed by atoms with Gasteiger partial charge in [0.15, 0.2) is 0 Å². The second kappa shape index (κ2) is 6.65. The van der Waals surface area contributed by atoms with Gasteiger partial charge in [0.2, 0.25) is 0 Å². The number of ether oxygens (including phenoxy) is 1. The predicted octanol–water partition coefficient (Wildman–Crippen LogP) is 3.92. The van der Waals surface area contributed by atoms with Gasteiger partial charge >= 0.3 is 6.09 Å². The van der Waals surface area contributed by atoms with Gasteiger partial charge in [0.1, 0.15) is 5.60 Å². The standard InChI is InChI=1S/C17H24N2O2S/c1-11(22)15(19-16(20)21-17(2,3)4)9-12-10-18-14-8-6-5-7-13(12)14/h5-8,10-11,15,18,22H,9H2,1-4H3,(H,19,20)/t11-,15+/m1/s1. The summed E-state index contributed by atoms with van der Waals surface area (Å²) >= 11 is 4.50. The van der Waals surface area contributed by atoms with Gasteiger partial charge < -0.3 is 15.0 Å². The molecule has 2 rings (SSSR count). The molecule has 0 fully saturated rings. The van der Waals surface area contributed by atoms with Gasteiger partial charge in [-0.05, 0) is 38.8 Å². The minimum atomic E-state index is -0.505. The molecule has 5 heteroatoms. The monoisotopic (exact) mass is 320 g/mol. The smallest absolute Gasteiger partial charge is 0.407 e. The summed E-state index contributed by atoms with van der Waals surface area (Å²) in [4.78, 5) is 15.2. The van der Waals surface area contributed by atoms with E-state index in [1.54, 1.807) is 0 Å². The summed E-state index contributed by atoms with van der Waals surface area (Å²) < 4.78 is 5.33. The summed E-state index contributed by atoms with van der Waals surface area (Å²) in [6.45, 7) is 7.53. The fourth-order valence-corrected chi connectivity index (χ4v) is 2.52. The zero-order chi connectivity index (χ0) is 16.3. The summed E-state index contributed by atoms with van der Waals surface area (Å²) in [5.41, 5.74) is 1.76. The average Bonchev–Trinajstić information content (AvgIpc) is 2.79. The topological polar surface area (TPSA) is 54.1 Å². The number of aromatic nitrogens is 1. The van der Waals surface area contributed by atoms with E-state index in [-0.39, 0.29) is 11.3 Å². The molecule has 1 aromatic carbocycles. The zero-order valence-electron chi connectivity index (χ0n) is 13.5. The van der Waals surface area contributed by atoms with E-state index < -0.39 is 11.7 Å². The highest BCUT2D eigenvalue weighted by Gasteiger charge is 2.22. The predicted molar refractivity (Wildman–Crippen MR) is 93.6 cm³/mol. The molecule has 4 nitrogen and oxygen atoms in total. The van der Waals surface area contributed by atoms with Crippen LogP contribution in [0.1, 0.15) is 33.3 Å². The minimum Gasteiger partial charge on any atom is -0.444 e. The molecule has 120 valence electrons. The van der Waals surface area contributed by atoms with Gasteiger partial charge in [0.25, 0.3) is 0 Å². The van der Waals surface area contributed by atoms with Gasteiger partial charge in [-0.3, -0.25) is 0 Å². The Morgan fingerprint density at radius 3 is 2.68 bits per heavy atom. The Labute approximate surface area is 137 Å². The second-order valence-electron chi connectivity index (χ2n) is 6.56. The Morgan fingerprint density at radius 2 is 2.05 bits per heavy atom. The highest BCUT2D eigenvalue weighted by molar-refractivity contribution is 7.81. The van der Waals surface area contributed by atoms with E-state index in [1.165, 1.54) is 5.39 Å². The summed E-state index contributed by atoms with van der Waals surface area (Å²) in [5.74, 6) is 0. The van der Waals surface area contributed by atoms with Gasteiger partial charge in [-0.25, -0.2) is 4.79 Å². The van der Waals surface area contributed by atoms with Crippen molar-refractivity contribution in [2.45, 2.75) is 51.0 Å². The molecule has 2 atom stereocenters. The van der Waals surface area contributed by atoms with Crippen LogP contribution in [-0.4, -0.2) is 28.0 Å². The molecule has 0 aliphatic carbocycles. The molecular weight excluding hydrogens is 296 g/mol. The average molecular weight is 320 g/mol. The maximum atomic E-state index is 12.0. The van der Waals surface area contributed by atoms with Crippen molar-refractivity contribution < 1.29 is 9.53 Å². The van der Waals surface area contributed by atoms with Gasteiger partial charge in [-0.15, -0.1) is 0 Å². The molecule has 0 saturated carbocycles. The van der Waals surface area contributed by atoms with E-state index in [0.717, 1.165) is 11.1 Å². The molecule has 1 aromatic heterocycles. The van der Waals surface area contributed by atoms with Crippen LogP contribution in [0.5, 0.6) is 0 Å². The number of nitrogens with one attached hydrogen (secondary N) is 2. The molecule has 0 aliphatic rings. The lowest BCUT2D eigenvalue weighted by molar-refractivity contribution is 0.0504. The Balaban J connectivity index is 2.11. The molecule has 1 heterocycles. The van der Waals surface area contributed by atoms with Crippen LogP contribution in [0.2, 0.25) is 0 Å². The number of hydrogen-bond donors (Lipinski definition) is 3. The molecule has 0 radical (unpaired) electrons. The maximum Gasteiger partial charge on any atom is 0.407 e. The fourth-order valence-electron chi connectivity index (χ4n) is 2.34. The van der Waals surface area contributed by atoms with Crippen LogP contribution in [0.4, 0.5) is 4.79 Å². The van der Waals surface area contributed by atoms with Crippen LogP contribution in [0.15, 0.2) is 30.5 Å². The first kappa shape index (κ1) is 16.7. The van der Waals surface area contributed by atoms with Crippen molar-refractivity contribution in [2.75, 3.05) is 0 Å². The summed E-state index contributed by atoms with van der Waals surface area (Å²) in [7, 11) is 0. The van der Waals surface area contributed by atoms with Crippen LogP contribution in [0, 0.1) is 0 Å². The number of hydrogen-bond acceptors (Lipinski definition) is 3. The normalized spacial score (nSPS) is 14.6. The number of benzene rings is 1. The minimum absolute atomic E-state index is 0.0150. The van der Waals surface area contributed by atoms with Crippen LogP contribution in [-0.2, 0) is 11.2 Å². The Bertz CT molecular complexity index is 643. The number of carbonyl (C=O) groups is 1. The van der Waals surface area contributed by atoms with E-state index in [9.17, 15) is 4.79 Å². The number of amides is 1. The fraction of sp³-hybridized carbons (Fsp3) is 0.471. The van der Waals surface area contributed by atoms with Gasteiger partial charge in [-0.2, -0.15) is 12.6 Å². The second-order valence-corrected chi connectivity index (χ2v) is 7.37. The molecule has 0 unspecified atom stereocenters. The number of thiol groups is 1. The number of H-pyrrole nitrogens is 1. The van der Waals surface area contributed by atoms with Crippen molar-refractivity contribution in [3.63, 3.8) is 0 Å². The number of alkyl carbamates (subject to hydrolysis) is 1. The maximum absolute atomic E-state index is 12.0. The van der Waals surface area contributed by atoms with E-state index >= 15 is 0 Å². The highest BCUT2D eigenvalue weighted by atomic mass is 32.1. The van der Waals surface area contributed by atoms with Crippen molar-refractivity contribution in [3.8, 4) is 0 Å². The van der Waals surface area contributed by atoms with Gasteiger partial charge in [0.05, 0.1) is 0 Å². The van der Waals surface area contributed by atoms with Crippen molar-refractivity contribution in [1.82, 2.24) is 10.3 Å². The van der Waals surface area contributed by atoms with E-state index in [1.807, 2.05) is 52.1 Å². The van der Waals surface area contributed by atoms with E-state index in [0.29, 0.717) is 6.42 Å². The third-order valence-electron chi connectivity index (χ3n) is 3.40. The molecule has 0 saturated heterocycles. The molecule has 1 amide bonds. The van der Waals surface area contributed by atoms with Gasteiger partial charge in [0, 0.05) is 28.4 Å². The summed E-state index contributed by atoms with van der Waals surface area (Å²) in [6, 6.07) is 8.03. The van der Waals surface area contributed by atoms with E-state index in [2.05, 4.69) is 29.0 Å². The summed E-state index contributed by atoms with van der Waals surface area (Å²) in [6.07, 6.45) is 2.29. The number of carbonyl (C=O) groups excluding carboxylic acids is 1. The largest absolute Gasteiger partial charge is 0.444 e. The molecule has 0 spiro atoms. The first-order valence-electron chi connectivity index (χ1n) is 7.49. The first-order valence-corrected chi connectivity index (χ1v) is 8.00. The van der Waals surface area contributed by atoms with Crippen molar-refractivity contribution in [2.24, 2.45) is 0 Å².